The van der Waals surface area contributed by atoms with Crippen LogP contribution in [0.15, 0.2) is 48.5 Å². The second-order valence-corrected chi connectivity index (χ2v) is 7.91. The Balaban J connectivity index is 1.78. The Kier molecular flexibility index (Phi) is 5.31. The van der Waals surface area contributed by atoms with Crippen LogP contribution in [0.25, 0.3) is 16.7 Å². The lowest BCUT2D eigenvalue weighted by Gasteiger charge is -2.11. The van der Waals surface area contributed by atoms with E-state index in [2.05, 4.69) is 5.32 Å². The van der Waals surface area contributed by atoms with E-state index in [4.69, 9.17) is 21.7 Å². The fraction of sp³-hybridized carbons (Fsp3) is 0.208. The van der Waals surface area contributed by atoms with Crippen LogP contribution >= 0.6 is 11.6 Å². The summed E-state index contributed by atoms with van der Waals surface area (Å²) in [5.41, 5.74) is 6.74. The molecule has 152 valence electrons. The number of carbonyl (C=O) groups excluding carboxylic acids is 1. The minimum Gasteiger partial charge on any atom is -0.348 e. The van der Waals surface area contributed by atoms with Crippen molar-refractivity contribution >= 4 is 28.5 Å². The molecule has 2 heterocycles. The molecule has 6 heteroatoms. The number of benzene rings is 2. The van der Waals surface area contributed by atoms with Gasteiger partial charge >= 0.3 is 0 Å². The molecule has 0 atom stereocenters. The van der Waals surface area contributed by atoms with Crippen LogP contribution in [-0.2, 0) is 6.54 Å². The van der Waals surface area contributed by atoms with E-state index in [0.29, 0.717) is 22.8 Å². The minimum atomic E-state index is -0.140. The number of carbonyl (C=O) groups is 1. The fourth-order valence-electron chi connectivity index (χ4n) is 3.67. The van der Waals surface area contributed by atoms with Crippen molar-refractivity contribution in [3.63, 3.8) is 0 Å². The summed E-state index contributed by atoms with van der Waals surface area (Å²) in [4.78, 5) is 17.8. The molecule has 2 aromatic carbocycles. The van der Waals surface area contributed by atoms with E-state index in [9.17, 15) is 4.79 Å². The SMILES string of the molecule is Cc1cc(C(=O)NCc2ccccc2C)c2c(C)nn(-c3cccc(Cl)c3C)c2n1. The average molecular weight is 419 g/mol. The van der Waals surface area contributed by atoms with Gasteiger partial charge in [-0.25, -0.2) is 9.67 Å². The number of fused-ring (bicyclic) bond motifs is 1. The minimum absolute atomic E-state index is 0.140. The highest BCUT2D eigenvalue weighted by Gasteiger charge is 2.20. The predicted octanol–water partition coefficient (Wildman–Crippen LogP) is 5.24. The normalized spacial score (nSPS) is 11.1. The van der Waals surface area contributed by atoms with E-state index in [-0.39, 0.29) is 5.91 Å². The Hall–Kier alpha value is -3.18. The molecule has 0 radical (unpaired) electrons. The summed E-state index contributed by atoms with van der Waals surface area (Å²) in [6.07, 6.45) is 0. The smallest absolute Gasteiger partial charge is 0.252 e. The fourth-order valence-corrected chi connectivity index (χ4v) is 3.84. The van der Waals surface area contributed by atoms with Crippen LogP contribution in [0.2, 0.25) is 5.02 Å². The molecule has 0 saturated carbocycles. The number of pyridine rings is 1. The van der Waals surface area contributed by atoms with Crippen molar-refractivity contribution < 1.29 is 4.79 Å². The van der Waals surface area contributed by atoms with E-state index < -0.39 is 0 Å². The highest BCUT2D eigenvalue weighted by atomic mass is 35.5. The van der Waals surface area contributed by atoms with Gasteiger partial charge in [-0.05, 0) is 62.6 Å². The standard InChI is InChI=1S/C24H23ClN4O/c1-14-8-5-6-9-18(14)13-26-24(30)19-12-15(2)27-23-22(19)17(4)28-29(23)21-11-7-10-20(25)16(21)3/h5-12H,13H2,1-4H3,(H,26,30). The molecule has 1 N–H and O–H groups in total. The first-order valence-electron chi connectivity index (χ1n) is 9.82. The molecule has 4 rings (SSSR count). The number of amides is 1. The monoisotopic (exact) mass is 418 g/mol. The lowest BCUT2D eigenvalue weighted by Crippen LogP contribution is -2.23. The number of halogens is 1. The molecule has 2 aromatic heterocycles. The van der Waals surface area contributed by atoms with Gasteiger partial charge in [0.15, 0.2) is 5.65 Å². The zero-order valence-electron chi connectivity index (χ0n) is 17.5. The number of nitrogens with zero attached hydrogens (tertiary/aromatic N) is 3. The molecule has 4 aromatic rings. The number of aromatic nitrogens is 3. The molecule has 0 fully saturated rings. The second-order valence-electron chi connectivity index (χ2n) is 7.50. The number of nitrogens with one attached hydrogen (secondary N) is 1. The first-order chi connectivity index (χ1) is 14.4. The summed E-state index contributed by atoms with van der Waals surface area (Å²) in [6.45, 7) is 8.24. The Morgan fingerprint density at radius 3 is 2.60 bits per heavy atom. The van der Waals surface area contributed by atoms with E-state index >= 15 is 0 Å². The molecule has 30 heavy (non-hydrogen) atoms. The van der Waals surface area contributed by atoms with E-state index in [1.54, 1.807) is 4.68 Å². The van der Waals surface area contributed by atoms with Gasteiger partial charge in [0.2, 0.25) is 0 Å². The Bertz CT molecular complexity index is 1280. The molecule has 0 saturated heterocycles. The third-order valence-corrected chi connectivity index (χ3v) is 5.76. The highest BCUT2D eigenvalue weighted by Crippen LogP contribution is 2.28. The summed E-state index contributed by atoms with van der Waals surface area (Å²) in [5.74, 6) is -0.140. The summed E-state index contributed by atoms with van der Waals surface area (Å²) >= 11 is 6.32. The Labute approximate surface area is 180 Å². The Morgan fingerprint density at radius 2 is 1.83 bits per heavy atom. The Morgan fingerprint density at radius 1 is 1.07 bits per heavy atom. The summed E-state index contributed by atoms with van der Waals surface area (Å²) in [6, 6.07) is 15.5. The summed E-state index contributed by atoms with van der Waals surface area (Å²) < 4.78 is 1.77. The largest absolute Gasteiger partial charge is 0.348 e. The lowest BCUT2D eigenvalue weighted by molar-refractivity contribution is 0.0952. The topological polar surface area (TPSA) is 59.8 Å². The molecule has 0 bridgehead atoms. The average Bonchev–Trinajstić information content (AvgIpc) is 3.04. The van der Waals surface area contributed by atoms with Gasteiger partial charge in [-0.1, -0.05) is 41.9 Å². The van der Waals surface area contributed by atoms with Crippen molar-refractivity contribution in [1.82, 2.24) is 20.1 Å². The van der Waals surface area contributed by atoms with Gasteiger partial charge in [-0.2, -0.15) is 5.10 Å². The maximum Gasteiger partial charge on any atom is 0.252 e. The van der Waals surface area contributed by atoms with Gasteiger partial charge in [-0.15, -0.1) is 0 Å². The van der Waals surface area contributed by atoms with Gasteiger partial charge in [0.1, 0.15) is 0 Å². The van der Waals surface area contributed by atoms with Crippen LogP contribution < -0.4 is 5.32 Å². The molecule has 0 aliphatic rings. The van der Waals surface area contributed by atoms with Crippen molar-refractivity contribution in [1.29, 1.82) is 0 Å². The third kappa shape index (κ3) is 3.57. The molecular weight excluding hydrogens is 396 g/mol. The number of hydrogen-bond donors (Lipinski definition) is 1. The second kappa shape index (κ2) is 7.92. The van der Waals surface area contributed by atoms with Gasteiger partial charge in [0.25, 0.3) is 5.91 Å². The molecule has 0 unspecified atom stereocenters. The molecule has 0 aliphatic carbocycles. The summed E-state index contributed by atoms with van der Waals surface area (Å²) in [5, 5.41) is 9.16. The van der Waals surface area contributed by atoms with Crippen LogP contribution in [0.1, 0.15) is 38.4 Å². The van der Waals surface area contributed by atoms with Gasteiger partial charge in [0, 0.05) is 17.3 Å². The van der Waals surface area contributed by atoms with Crippen LogP contribution in [0.4, 0.5) is 0 Å². The maximum absolute atomic E-state index is 13.1. The van der Waals surface area contributed by atoms with E-state index in [0.717, 1.165) is 39.2 Å². The lowest BCUT2D eigenvalue weighted by atomic mass is 10.1. The van der Waals surface area contributed by atoms with Crippen molar-refractivity contribution in [3.8, 4) is 5.69 Å². The number of aryl methyl sites for hydroxylation is 3. The quantitative estimate of drug-likeness (QED) is 0.493. The van der Waals surface area contributed by atoms with Gasteiger partial charge in [0.05, 0.1) is 22.3 Å². The number of rotatable bonds is 4. The zero-order chi connectivity index (χ0) is 21.4. The summed E-state index contributed by atoms with van der Waals surface area (Å²) in [7, 11) is 0. The molecule has 0 aliphatic heterocycles. The highest BCUT2D eigenvalue weighted by molar-refractivity contribution is 6.31. The van der Waals surface area contributed by atoms with Gasteiger partial charge < -0.3 is 5.32 Å². The van der Waals surface area contributed by atoms with Crippen LogP contribution in [0.3, 0.4) is 0 Å². The van der Waals surface area contributed by atoms with E-state index in [1.165, 1.54) is 0 Å². The third-order valence-electron chi connectivity index (χ3n) is 5.35. The van der Waals surface area contributed by atoms with Gasteiger partial charge in [-0.3, -0.25) is 4.79 Å². The van der Waals surface area contributed by atoms with Crippen molar-refractivity contribution in [2.75, 3.05) is 0 Å². The maximum atomic E-state index is 13.1. The van der Waals surface area contributed by atoms with Crippen LogP contribution in [0, 0.1) is 27.7 Å². The van der Waals surface area contributed by atoms with Crippen molar-refractivity contribution in [3.05, 3.63) is 87.2 Å². The zero-order valence-corrected chi connectivity index (χ0v) is 18.2. The first kappa shape index (κ1) is 20.1. The molecular formula is C24H23ClN4O. The van der Waals surface area contributed by atoms with E-state index in [1.807, 2.05) is 76.2 Å². The van der Waals surface area contributed by atoms with Crippen molar-refractivity contribution in [2.45, 2.75) is 34.2 Å². The van der Waals surface area contributed by atoms with Crippen molar-refractivity contribution in [2.24, 2.45) is 0 Å². The number of hydrogen-bond acceptors (Lipinski definition) is 3. The van der Waals surface area contributed by atoms with Crippen LogP contribution in [0.5, 0.6) is 0 Å². The molecule has 0 spiro atoms. The predicted molar refractivity (Wildman–Crippen MR) is 120 cm³/mol. The first-order valence-corrected chi connectivity index (χ1v) is 10.2. The van der Waals surface area contributed by atoms with Crippen LogP contribution in [-0.4, -0.2) is 20.7 Å². The molecule has 1 amide bonds. The molecule has 5 nitrogen and oxygen atoms in total.